The second-order valence-corrected chi connectivity index (χ2v) is 6.62. The Morgan fingerprint density at radius 2 is 2.00 bits per heavy atom. The first kappa shape index (κ1) is 16.0. The fraction of sp³-hybridized carbons (Fsp3) is 0.118. The summed E-state index contributed by atoms with van der Waals surface area (Å²) >= 11 is 7.39. The summed E-state index contributed by atoms with van der Waals surface area (Å²) in [6, 6.07) is 13.0. The van der Waals surface area contributed by atoms with Gasteiger partial charge in [0.1, 0.15) is 5.75 Å². The highest BCUT2D eigenvalue weighted by atomic mass is 35.5. The fourth-order valence-corrected chi connectivity index (χ4v) is 3.16. The summed E-state index contributed by atoms with van der Waals surface area (Å²) in [6.45, 7) is 0. The van der Waals surface area contributed by atoms with Crippen LogP contribution < -0.4 is 4.74 Å². The molecule has 0 amide bonds. The van der Waals surface area contributed by atoms with Gasteiger partial charge in [-0.1, -0.05) is 23.4 Å². The number of methoxy groups -OCH3 is 1. The second kappa shape index (κ2) is 6.78. The molecule has 0 aliphatic carbocycles. The van der Waals surface area contributed by atoms with Crippen LogP contribution in [0.15, 0.2) is 52.0 Å². The first-order valence-electron chi connectivity index (χ1n) is 7.46. The summed E-state index contributed by atoms with van der Waals surface area (Å²) in [5, 5.41) is 9.61. The highest BCUT2D eigenvalue weighted by Gasteiger charge is 2.11. The van der Waals surface area contributed by atoms with Crippen LogP contribution in [0.25, 0.3) is 22.5 Å². The number of rotatable bonds is 5. The van der Waals surface area contributed by atoms with E-state index in [-0.39, 0.29) is 0 Å². The lowest BCUT2D eigenvalue weighted by molar-refractivity contribution is 0.415. The Labute approximate surface area is 152 Å². The number of benzene rings is 2. The summed E-state index contributed by atoms with van der Waals surface area (Å²) in [6.07, 6.45) is 0. The number of nitrogens with zero attached hydrogens (tertiary/aromatic N) is 3. The molecule has 8 heteroatoms. The molecule has 0 atom stereocenters. The zero-order valence-electron chi connectivity index (χ0n) is 13.2. The molecule has 0 unspecified atom stereocenters. The number of thioether (sulfide) groups is 1. The number of hydrogen-bond acceptors (Lipinski definition) is 6. The lowest BCUT2D eigenvalue weighted by Crippen LogP contribution is -1.81. The SMILES string of the molecule is COc1ccc2nc(SCc3nnc(-c4ccc(Cl)cc4)o3)[nH]c2c1. The van der Waals surface area contributed by atoms with Gasteiger partial charge in [-0.25, -0.2) is 4.98 Å². The van der Waals surface area contributed by atoms with Crippen LogP contribution in [0, 0.1) is 0 Å². The molecule has 4 rings (SSSR count). The monoisotopic (exact) mass is 372 g/mol. The standard InChI is InChI=1S/C17H13ClN4O2S/c1-23-12-6-7-13-14(8-12)20-17(19-13)25-9-15-21-22-16(24-15)10-2-4-11(18)5-3-10/h2-8H,9H2,1H3,(H,19,20). The van der Waals surface area contributed by atoms with E-state index in [9.17, 15) is 0 Å². The third-order valence-corrected chi connectivity index (χ3v) is 4.67. The second-order valence-electron chi connectivity index (χ2n) is 5.22. The largest absolute Gasteiger partial charge is 0.497 e. The van der Waals surface area contributed by atoms with Crippen LogP contribution in [0.1, 0.15) is 5.89 Å². The van der Waals surface area contributed by atoms with Crippen molar-refractivity contribution in [3.8, 4) is 17.2 Å². The van der Waals surface area contributed by atoms with Gasteiger partial charge in [0.15, 0.2) is 5.16 Å². The Bertz CT molecular complexity index is 1010. The molecule has 0 aliphatic rings. The molecule has 0 bridgehead atoms. The van der Waals surface area contributed by atoms with Gasteiger partial charge in [0.2, 0.25) is 11.8 Å². The van der Waals surface area contributed by atoms with Gasteiger partial charge in [-0.05, 0) is 36.4 Å². The number of aromatic nitrogens is 4. The number of hydrogen-bond donors (Lipinski definition) is 1. The van der Waals surface area contributed by atoms with Crippen molar-refractivity contribution in [3.05, 3.63) is 53.4 Å². The van der Waals surface area contributed by atoms with E-state index in [1.165, 1.54) is 11.8 Å². The van der Waals surface area contributed by atoms with Crippen molar-refractivity contribution < 1.29 is 9.15 Å². The van der Waals surface area contributed by atoms with Crippen LogP contribution in [0.3, 0.4) is 0 Å². The Kier molecular flexibility index (Phi) is 4.33. The van der Waals surface area contributed by atoms with Crippen molar-refractivity contribution in [3.63, 3.8) is 0 Å². The number of aromatic amines is 1. The summed E-state index contributed by atoms with van der Waals surface area (Å²) in [5.41, 5.74) is 2.65. The van der Waals surface area contributed by atoms with E-state index in [0.717, 1.165) is 27.5 Å². The van der Waals surface area contributed by atoms with E-state index in [1.807, 2.05) is 30.3 Å². The highest BCUT2D eigenvalue weighted by molar-refractivity contribution is 7.98. The Balaban J connectivity index is 1.47. The highest BCUT2D eigenvalue weighted by Crippen LogP contribution is 2.26. The first-order chi connectivity index (χ1) is 12.2. The van der Waals surface area contributed by atoms with Crippen LogP contribution >= 0.6 is 23.4 Å². The maximum absolute atomic E-state index is 5.89. The van der Waals surface area contributed by atoms with E-state index in [0.29, 0.717) is 22.6 Å². The fourth-order valence-electron chi connectivity index (χ4n) is 2.31. The smallest absolute Gasteiger partial charge is 0.247 e. The summed E-state index contributed by atoms with van der Waals surface area (Å²) in [4.78, 5) is 7.78. The number of halogens is 1. The van der Waals surface area contributed by atoms with E-state index in [4.69, 9.17) is 20.8 Å². The molecule has 0 saturated carbocycles. The summed E-state index contributed by atoms with van der Waals surface area (Å²) in [5.74, 6) is 2.32. The molecule has 0 radical (unpaired) electrons. The molecule has 1 N–H and O–H groups in total. The van der Waals surface area contributed by atoms with Crippen LogP contribution in [-0.4, -0.2) is 27.3 Å². The van der Waals surface area contributed by atoms with Crippen molar-refractivity contribution in [2.45, 2.75) is 10.9 Å². The number of imidazole rings is 1. The van der Waals surface area contributed by atoms with E-state index < -0.39 is 0 Å². The Hall–Kier alpha value is -2.51. The average molecular weight is 373 g/mol. The van der Waals surface area contributed by atoms with Gasteiger partial charge >= 0.3 is 0 Å². The topological polar surface area (TPSA) is 76.8 Å². The van der Waals surface area contributed by atoms with E-state index >= 15 is 0 Å². The van der Waals surface area contributed by atoms with Crippen molar-refractivity contribution in [2.24, 2.45) is 0 Å². The lowest BCUT2D eigenvalue weighted by atomic mass is 10.2. The van der Waals surface area contributed by atoms with Gasteiger partial charge in [-0.3, -0.25) is 0 Å². The molecular weight excluding hydrogens is 360 g/mol. The third-order valence-electron chi connectivity index (χ3n) is 3.56. The van der Waals surface area contributed by atoms with Crippen LogP contribution in [-0.2, 0) is 5.75 Å². The molecule has 25 heavy (non-hydrogen) atoms. The van der Waals surface area contributed by atoms with Crippen molar-refractivity contribution in [1.82, 2.24) is 20.2 Å². The summed E-state index contributed by atoms with van der Waals surface area (Å²) < 4.78 is 10.9. The number of fused-ring (bicyclic) bond motifs is 1. The molecule has 2 aromatic carbocycles. The van der Waals surface area contributed by atoms with Crippen LogP contribution in [0.5, 0.6) is 5.75 Å². The summed E-state index contributed by atoms with van der Waals surface area (Å²) in [7, 11) is 1.64. The Morgan fingerprint density at radius 3 is 2.80 bits per heavy atom. The predicted octanol–water partition coefficient (Wildman–Crippen LogP) is 4.57. The molecule has 0 fully saturated rings. The van der Waals surface area contributed by atoms with Crippen LogP contribution in [0.4, 0.5) is 0 Å². The maximum Gasteiger partial charge on any atom is 0.247 e. The van der Waals surface area contributed by atoms with Gasteiger partial charge in [0.05, 0.1) is 23.9 Å². The zero-order chi connectivity index (χ0) is 17.2. The molecule has 2 heterocycles. The molecule has 6 nitrogen and oxygen atoms in total. The lowest BCUT2D eigenvalue weighted by Gasteiger charge is -1.96. The van der Waals surface area contributed by atoms with Gasteiger partial charge in [0.25, 0.3) is 0 Å². The minimum absolute atomic E-state index is 0.474. The quantitative estimate of drug-likeness (QED) is 0.517. The van der Waals surface area contributed by atoms with Crippen molar-refractivity contribution in [1.29, 1.82) is 0 Å². The van der Waals surface area contributed by atoms with Gasteiger partial charge < -0.3 is 14.1 Å². The number of ether oxygens (including phenoxy) is 1. The van der Waals surface area contributed by atoms with E-state index in [1.54, 1.807) is 19.2 Å². The zero-order valence-corrected chi connectivity index (χ0v) is 14.8. The average Bonchev–Trinajstić information content (AvgIpc) is 3.26. The molecule has 126 valence electrons. The number of H-pyrrole nitrogens is 1. The molecule has 0 saturated heterocycles. The molecule has 4 aromatic rings. The maximum atomic E-state index is 5.89. The third kappa shape index (κ3) is 3.47. The van der Waals surface area contributed by atoms with Crippen molar-refractivity contribution >= 4 is 34.4 Å². The molecule has 0 aliphatic heterocycles. The molecule has 0 spiro atoms. The first-order valence-corrected chi connectivity index (χ1v) is 8.82. The predicted molar refractivity (Wildman–Crippen MR) is 97.0 cm³/mol. The van der Waals surface area contributed by atoms with Crippen molar-refractivity contribution in [2.75, 3.05) is 7.11 Å². The van der Waals surface area contributed by atoms with E-state index in [2.05, 4.69) is 20.2 Å². The molecule has 2 aromatic heterocycles. The van der Waals surface area contributed by atoms with Crippen LogP contribution in [0.2, 0.25) is 5.02 Å². The minimum Gasteiger partial charge on any atom is -0.497 e. The number of nitrogens with one attached hydrogen (secondary N) is 1. The minimum atomic E-state index is 0.474. The van der Waals surface area contributed by atoms with Gasteiger partial charge in [0, 0.05) is 16.7 Å². The van der Waals surface area contributed by atoms with Gasteiger partial charge in [-0.2, -0.15) is 0 Å². The normalized spacial score (nSPS) is 11.1. The Morgan fingerprint density at radius 1 is 1.16 bits per heavy atom. The van der Waals surface area contributed by atoms with Gasteiger partial charge in [-0.15, -0.1) is 10.2 Å². The molecular formula is C17H13ClN4O2S.